The van der Waals surface area contributed by atoms with E-state index in [1.165, 1.54) is 87.5 Å². The van der Waals surface area contributed by atoms with Crippen molar-refractivity contribution in [2.75, 3.05) is 0 Å². The van der Waals surface area contributed by atoms with Crippen LogP contribution in [0.2, 0.25) is 0 Å². The van der Waals surface area contributed by atoms with Gasteiger partial charge < -0.3 is 4.12 Å². The first-order valence-corrected chi connectivity index (χ1v) is 19.1. The van der Waals surface area contributed by atoms with Gasteiger partial charge >= 0.3 is 0 Å². The first-order chi connectivity index (χ1) is 18.2. The van der Waals surface area contributed by atoms with Crippen LogP contribution in [0.5, 0.6) is 0 Å². The normalized spacial score (nSPS) is 15.5. The van der Waals surface area contributed by atoms with Crippen LogP contribution in [0.1, 0.15) is 66.8 Å². The van der Waals surface area contributed by atoms with Gasteiger partial charge in [-0.15, -0.1) is 0 Å². The predicted octanol–water partition coefficient (Wildman–Crippen LogP) is 6.32. The van der Waals surface area contributed by atoms with Crippen molar-refractivity contribution in [2.45, 2.75) is 83.1 Å². The minimum absolute atomic E-state index is 1.33. The molecule has 0 radical (unpaired) electrons. The second-order valence-corrected chi connectivity index (χ2v) is 22.3. The van der Waals surface area contributed by atoms with E-state index in [0.29, 0.717) is 0 Å². The molecule has 1 heterocycles. The molecule has 0 spiro atoms. The second kappa shape index (κ2) is 9.43. The van der Waals surface area contributed by atoms with E-state index in [-0.39, 0.29) is 0 Å². The third kappa shape index (κ3) is 4.04. The minimum Gasteiger partial charge on any atom is -0.442 e. The van der Waals surface area contributed by atoms with E-state index in [9.17, 15) is 0 Å². The highest BCUT2D eigenvalue weighted by Crippen LogP contribution is 2.43. The largest absolute Gasteiger partial charge is 0.442 e. The summed E-state index contributed by atoms with van der Waals surface area (Å²) in [5.41, 5.74) is 16.4. The van der Waals surface area contributed by atoms with Gasteiger partial charge in [0.25, 0.3) is 15.7 Å². The molecule has 1 aliphatic rings. The Bertz CT molecular complexity index is 1330. The molecule has 5 rings (SSSR count). The van der Waals surface area contributed by atoms with Gasteiger partial charge in [0.15, 0.2) is 0 Å². The van der Waals surface area contributed by atoms with Gasteiger partial charge in [-0.25, -0.2) is 0 Å². The van der Waals surface area contributed by atoms with Crippen LogP contribution in [-0.4, -0.2) is 15.7 Å². The molecule has 3 heteroatoms. The van der Waals surface area contributed by atoms with E-state index in [1.54, 1.807) is 0 Å². The monoisotopic (exact) mass is 548 g/mol. The van der Waals surface area contributed by atoms with Crippen LogP contribution in [0.25, 0.3) is 0 Å². The number of benzene rings is 4. The van der Waals surface area contributed by atoms with Gasteiger partial charge in [0.05, 0.1) is 0 Å². The first kappa shape index (κ1) is 27.8. The molecule has 0 aromatic heterocycles. The van der Waals surface area contributed by atoms with E-state index in [2.05, 4.69) is 132 Å². The van der Waals surface area contributed by atoms with E-state index >= 15 is 0 Å². The lowest BCUT2D eigenvalue weighted by Crippen LogP contribution is -2.69. The summed E-state index contributed by atoms with van der Waals surface area (Å²) in [5, 5.41) is 6.03. The smallest absolute Gasteiger partial charge is 0.273 e. The molecule has 0 N–H and O–H groups in total. The highest BCUT2D eigenvalue weighted by atomic mass is 29.4. The molecule has 0 amide bonds. The summed E-state index contributed by atoms with van der Waals surface area (Å²) >= 11 is 0. The highest BCUT2D eigenvalue weighted by molar-refractivity contribution is 7.67. The molecule has 0 atom stereocenters. The van der Waals surface area contributed by atoms with Gasteiger partial charge in [0, 0.05) is 0 Å². The average Bonchev–Trinajstić information content (AvgIpc) is 3.39. The van der Waals surface area contributed by atoms with Crippen molar-refractivity contribution in [3.63, 3.8) is 0 Å². The Labute approximate surface area is 238 Å². The van der Waals surface area contributed by atoms with Crippen LogP contribution in [0.4, 0.5) is 0 Å². The number of hydrogen-bond donors (Lipinski definition) is 0. The van der Waals surface area contributed by atoms with Crippen LogP contribution in [0, 0.1) is 83.1 Å². The number of aryl methyl sites for hydroxylation is 12. The zero-order valence-electron chi connectivity index (χ0n) is 26.0. The van der Waals surface area contributed by atoms with Crippen LogP contribution in [0.3, 0.4) is 0 Å². The standard InChI is InChI=1S/C36H44OSi2/c1-21-13-25(5)33(26(6)14-21)38(34-27(7)15-22(2)16-28(34)8)37-39(38,35-29(9)17-23(3)18-30(35)10)36-31(11)19-24(4)20-32(36)12/h13-20H,1-12H3. The molecule has 39 heavy (non-hydrogen) atoms. The van der Waals surface area contributed by atoms with Gasteiger partial charge in [-0.05, 0) is 148 Å². The Kier molecular flexibility index (Phi) is 6.73. The lowest BCUT2D eigenvalue weighted by Gasteiger charge is -2.29. The molecular formula is C36H44OSi2. The van der Waals surface area contributed by atoms with Crippen molar-refractivity contribution in [1.82, 2.24) is 0 Å². The van der Waals surface area contributed by atoms with Crippen molar-refractivity contribution >= 4 is 36.4 Å². The fourth-order valence-corrected chi connectivity index (χ4v) is 29.3. The molecule has 202 valence electrons. The van der Waals surface area contributed by atoms with Crippen LogP contribution in [-0.2, 0) is 4.12 Å². The molecule has 4 aromatic rings. The van der Waals surface area contributed by atoms with E-state index in [1.807, 2.05) is 0 Å². The van der Waals surface area contributed by atoms with Crippen molar-refractivity contribution in [1.29, 1.82) is 0 Å². The molecule has 4 aromatic carbocycles. The summed E-state index contributed by atoms with van der Waals surface area (Å²) in [4.78, 5) is 0. The molecule has 0 bridgehead atoms. The van der Waals surface area contributed by atoms with Crippen LogP contribution >= 0.6 is 0 Å². The Morgan fingerprint density at radius 1 is 0.308 bits per heavy atom. The Morgan fingerprint density at radius 2 is 0.462 bits per heavy atom. The third-order valence-electron chi connectivity index (χ3n) is 8.88. The number of hydrogen-bond acceptors (Lipinski definition) is 1. The summed E-state index contributed by atoms with van der Waals surface area (Å²) in [7, 11) is -5.42. The van der Waals surface area contributed by atoms with Crippen molar-refractivity contribution < 1.29 is 4.12 Å². The molecule has 1 nitrogen and oxygen atoms in total. The number of rotatable bonds is 4. The lowest BCUT2D eigenvalue weighted by atomic mass is 10.1. The highest BCUT2D eigenvalue weighted by Gasteiger charge is 2.81. The first-order valence-electron chi connectivity index (χ1n) is 14.3. The van der Waals surface area contributed by atoms with Crippen molar-refractivity contribution in [2.24, 2.45) is 0 Å². The van der Waals surface area contributed by atoms with Gasteiger partial charge in [-0.3, -0.25) is 0 Å². The van der Waals surface area contributed by atoms with Gasteiger partial charge in [0.2, 0.25) is 0 Å². The van der Waals surface area contributed by atoms with Crippen molar-refractivity contribution in [3.8, 4) is 0 Å². The van der Waals surface area contributed by atoms with Crippen LogP contribution < -0.4 is 20.7 Å². The molecule has 1 aliphatic heterocycles. The third-order valence-corrected chi connectivity index (χ3v) is 23.9. The predicted molar refractivity (Wildman–Crippen MR) is 174 cm³/mol. The Balaban J connectivity index is 2.05. The summed E-state index contributed by atoms with van der Waals surface area (Å²) in [6.07, 6.45) is 0. The quantitative estimate of drug-likeness (QED) is 0.215. The average molecular weight is 549 g/mol. The molecule has 1 fully saturated rings. The van der Waals surface area contributed by atoms with Crippen molar-refractivity contribution in [3.05, 3.63) is 115 Å². The zero-order chi connectivity index (χ0) is 28.6. The zero-order valence-corrected chi connectivity index (χ0v) is 28.0. The molecule has 0 saturated carbocycles. The van der Waals surface area contributed by atoms with Gasteiger partial charge in [-0.1, -0.05) is 70.8 Å². The molecule has 0 unspecified atom stereocenters. The van der Waals surface area contributed by atoms with Gasteiger partial charge in [-0.2, -0.15) is 0 Å². The molecule has 1 saturated heterocycles. The lowest BCUT2D eigenvalue weighted by molar-refractivity contribution is 0.707. The Morgan fingerprint density at radius 3 is 0.615 bits per heavy atom. The van der Waals surface area contributed by atoms with E-state index in [0.717, 1.165) is 0 Å². The topological polar surface area (TPSA) is 12.5 Å². The summed E-state index contributed by atoms with van der Waals surface area (Å²) in [5.74, 6) is 0. The summed E-state index contributed by atoms with van der Waals surface area (Å²) in [6.45, 7) is 27.5. The fraction of sp³-hybridized carbons (Fsp3) is 0.333. The second-order valence-electron chi connectivity index (χ2n) is 12.6. The summed E-state index contributed by atoms with van der Waals surface area (Å²) < 4.78 is 7.92. The maximum absolute atomic E-state index is 7.92. The van der Waals surface area contributed by atoms with Gasteiger partial charge in [0.1, 0.15) is 0 Å². The van der Waals surface area contributed by atoms with E-state index in [4.69, 9.17) is 4.12 Å². The minimum atomic E-state index is -2.71. The Hall–Kier alpha value is -2.73. The SMILES string of the molecule is Cc1cc(C)c([Si]2(c3c(C)cc(C)cc3C)O[Si]2(c2c(C)cc(C)cc2C)c2c(C)cc(C)cc2C)c(C)c1. The van der Waals surface area contributed by atoms with E-state index < -0.39 is 15.7 Å². The maximum Gasteiger partial charge on any atom is 0.273 e. The fourth-order valence-electron chi connectivity index (χ4n) is 8.30. The summed E-state index contributed by atoms with van der Waals surface area (Å²) in [6, 6.07) is 19.1. The van der Waals surface area contributed by atoms with Crippen LogP contribution in [0.15, 0.2) is 48.5 Å². The maximum atomic E-state index is 7.92. The molecular weight excluding hydrogens is 505 g/mol. The molecule has 0 aliphatic carbocycles.